The Labute approximate surface area is 115 Å². The highest BCUT2D eigenvalue weighted by Gasteiger charge is 2.27. The summed E-state index contributed by atoms with van der Waals surface area (Å²) >= 11 is 0. The topological polar surface area (TPSA) is 35.5 Å². The molecule has 0 aliphatic heterocycles. The fourth-order valence-electron chi connectivity index (χ4n) is 1.58. The molecule has 20 heavy (non-hydrogen) atoms. The van der Waals surface area contributed by atoms with Crippen molar-refractivity contribution in [1.82, 2.24) is 0 Å². The van der Waals surface area contributed by atoms with Crippen LogP contribution in [0.4, 0.5) is 13.2 Å². The first-order chi connectivity index (χ1) is 9.29. The van der Waals surface area contributed by atoms with E-state index in [-0.39, 0.29) is 19.0 Å². The highest BCUT2D eigenvalue weighted by molar-refractivity contribution is 5.97. The molecule has 0 unspecified atom stereocenters. The van der Waals surface area contributed by atoms with Crippen LogP contribution in [0.2, 0.25) is 0 Å². The average Bonchev–Trinajstić information content (AvgIpc) is 2.33. The molecule has 3 nitrogen and oxygen atoms in total. The molecule has 0 spiro atoms. The standard InChI is InChI=1S/C14H17F3O3/c1-10-4-5-13(12(8-10)11(2)18)20-7-3-6-19-9-14(15,16)17/h4-5,8H,3,6-7,9H2,1-2H3. The lowest BCUT2D eigenvalue weighted by atomic mass is 10.1. The van der Waals surface area contributed by atoms with Crippen LogP contribution in [0, 0.1) is 6.92 Å². The third kappa shape index (κ3) is 6.06. The number of benzene rings is 1. The zero-order chi connectivity index (χ0) is 15.2. The van der Waals surface area contributed by atoms with Crippen molar-refractivity contribution in [2.75, 3.05) is 19.8 Å². The maximum atomic E-state index is 11.8. The summed E-state index contributed by atoms with van der Waals surface area (Å²) in [6.07, 6.45) is -3.99. The van der Waals surface area contributed by atoms with Gasteiger partial charge in [0.15, 0.2) is 5.78 Å². The van der Waals surface area contributed by atoms with E-state index in [1.54, 1.807) is 12.1 Å². The molecule has 0 atom stereocenters. The number of ether oxygens (including phenoxy) is 2. The van der Waals surface area contributed by atoms with E-state index in [0.717, 1.165) is 5.56 Å². The van der Waals surface area contributed by atoms with Crippen molar-refractivity contribution in [1.29, 1.82) is 0 Å². The minimum absolute atomic E-state index is 0.0409. The Kier molecular flexibility index (Phi) is 6.01. The van der Waals surface area contributed by atoms with Crippen molar-refractivity contribution in [2.45, 2.75) is 26.4 Å². The molecule has 0 saturated heterocycles. The molecular formula is C14H17F3O3. The van der Waals surface area contributed by atoms with E-state index in [1.165, 1.54) is 6.92 Å². The molecule has 0 N–H and O–H groups in total. The Hall–Kier alpha value is -1.56. The number of hydrogen-bond donors (Lipinski definition) is 0. The predicted octanol–water partition coefficient (Wildman–Crippen LogP) is 3.55. The van der Waals surface area contributed by atoms with Crippen molar-refractivity contribution in [2.24, 2.45) is 0 Å². The van der Waals surface area contributed by atoms with Gasteiger partial charge in [0.05, 0.1) is 18.8 Å². The molecule has 0 radical (unpaired) electrons. The summed E-state index contributed by atoms with van der Waals surface area (Å²) in [5.74, 6) is 0.330. The van der Waals surface area contributed by atoms with E-state index in [0.29, 0.717) is 17.7 Å². The summed E-state index contributed by atoms with van der Waals surface area (Å²) in [6.45, 7) is 2.20. The number of aryl methyl sites for hydroxylation is 1. The largest absolute Gasteiger partial charge is 0.493 e. The Bertz CT molecular complexity index is 455. The number of alkyl halides is 3. The molecule has 1 rings (SSSR count). The molecular weight excluding hydrogens is 273 g/mol. The van der Waals surface area contributed by atoms with Gasteiger partial charge in [-0.15, -0.1) is 0 Å². The molecule has 1 aromatic carbocycles. The maximum Gasteiger partial charge on any atom is 0.411 e. The van der Waals surface area contributed by atoms with E-state index in [9.17, 15) is 18.0 Å². The molecule has 0 fully saturated rings. The number of rotatable bonds is 7. The molecule has 6 heteroatoms. The lowest BCUT2D eigenvalue weighted by molar-refractivity contribution is -0.174. The van der Waals surface area contributed by atoms with Gasteiger partial charge in [0, 0.05) is 6.42 Å². The third-order valence-corrected chi connectivity index (χ3v) is 2.47. The normalized spacial score (nSPS) is 11.4. The van der Waals surface area contributed by atoms with E-state index in [2.05, 4.69) is 4.74 Å². The lowest BCUT2D eigenvalue weighted by Crippen LogP contribution is -2.18. The van der Waals surface area contributed by atoms with Crippen LogP contribution in [0.1, 0.15) is 29.3 Å². The summed E-state index contributed by atoms with van der Waals surface area (Å²) in [6, 6.07) is 5.21. The van der Waals surface area contributed by atoms with Crippen LogP contribution in [0.15, 0.2) is 18.2 Å². The zero-order valence-corrected chi connectivity index (χ0v) is 11.4. The predicted molar refractivity (Wildman–Crippen MR) is 68.2 cm³/mol. The molecule has 0 aromatic heterocycles. The van der Waals surface area contributed by atoms with E-state index >= 15 is 0 Å². The number of halogens is 3. The van der Waals surface area contributed by atoms with E-state index in [1.807, 2.05) is 13.0 Å². The molecule has 0 aliphatic carbocycles. The van der Waals surface area contributed by atoms with E-state index in [4.69, 9.17) is 4.74 Å². The second-order valence-electron chi connectivity index (χ2n) is 4.43. The van der Waals surface area contributed by atoms with Crippen LogP contribution in [0.5, 0.6) is 5.75 Å². The number of ketones is 1. The van der Waals surface area contributed by atoms with Crippen molar-refractivity contribution in [3.05, 3.63) is 29.3 Å². The van der Waals surface area contributed by atoms with Gasteiger partial charge in [-0.05, 0) is 26.0 Å². The van der Waals surface area contributed by atoms with Gasteiger partial charge in [-0.2, -0.15) is 13.2 Å². The molecule has 112 valence electrons. The summed E-state index contributed by atoms with van der Waals surface area (Å²) in [5.41, 5.74) is 1.41. The van der Waals surface area contributed by atoms with Crippen LogP contribution in [0.3, 0.4) is 0 Å². The minimum Gasteiger partial charge on any atom is -0.493 e. The second kappa shape index (κ2) is 7.28. The Morgan fingerprint density at radius 3 is 2.55 bits per heavy atom. The molecule has 0 amide bonds. The SMILES string of the molecule is CC(=O)c1cc(C)ccc1OCCCOCC(F)(F)F. The fraction of sp³-hybridized carbons (Fsp3) is 0.500. The van der Waals surface area contributed by atoms with Crippen molar-refractivity contribution < 1.29 is 27.4 Å². The number of carbonyl (C=O) groups is 1. The Morgan fingerprint density at radius 1 is 1.25 bits per heavy atom. The number of hydrogen-bond acceptors (Lipinski definition) is 3. The van der Waals surface area contributed by atoms with Gasteiger partial charge in [0.2, 0.25) is 0 Å². The maximum absolute atomic E-state index is 11.8. The third-order valence-electron chi connectivity index (χ3n) is 2.47. The molecule has 0 saturated carbocycles. The summed E-state index contributed by atoms with van der Waals surface area (Å²) < 4.78 is 45.3. The van der Waals surface area contributed by atoms with Crippen molar-refractivity contribution in [3.8, 4) is 5.75 Å². The van der Waals surface area contributed by atoms with E-state index < -0.39 is 12.8 Å². The van der Waals surface area contributed by atoms with Gasteiger partial charge in [0.1, 0.15) is 12.4 Å². The smallest absolute Gasteiger partial charge is 0.411 e. The van der Waals surface area contributed by atoms with Gasteiger partial charge in [-0.3, -0.25) is 4.79 Å². The number of Topliss-reactive ketones (excluding diaryl/α,β-unsaturated/α-hetero) is 1. The summed E-state index contributed by atoms with van der Waals surface area (Å²) in [5, 5.41) is 0. The van der Waals surface area contributed by atoms with Crippen LogP contribution in [-0.2, 0) is 4.74 Å². The Balaban J connectivity index is 2.37. The molecule has 0 heterocycles. The zero-order valence-electron chi connectivity index (χ0n) is 11.4. The highest BCUT2D eigenvalue weighted by atomic mass is 19.4. The van der Waals surface area contributed by atoms with Gasteiger partial charge < -0.3 is 9.47 Å². The second-order valence-corrected chi connectivity index (χ2v) is 4.43. The summed E-state index contributed by atoms with van der Waals surface area (Å²) in [7, 11) is 0. The molecule has 0 aliphatic rings. The highest BCUT2D eigenvalue weighted by Crippen LogP contribution is 2.21. The van der Waals surface area contributed by atoms with Gasteiger partial charge in [-0.1, -0.05) is 11.6 Å². The van der Waals surface area contributed by atoms with Crippen LogP contribution in [0.25, 0.3) is 0 Å². The van der Waals surface area contributed by atoms with Crippen LogP contribution >= 0.6 is 0 Å². The average molecular weight is 290 g/mol. The minimum atomic E-state index is -4.31. The van der Waals surface area contributed by atoms with Crippen molar-refractivity contribution in [3.63, 3.8) is 0 Å². The molecule has 0 bridgehead atoms. The number of carbonyl (C=O) groups excluding carboxylic acids is 1. The summed E-state index contributed by atoms with van der Waals surface area (Å²) in [4.78, 5) is 11.4. The molecule has 1 aromatic rings. The quantitative estimate of drug-likeness (QED) is 0.569. The first kappa shape index (κ1) is 16.5. The Morgan fingerprint density at radius 2 is 1.95 bits per heavy atom. The first-order valence-corrected chi connectivity index (χ1v) is 6.18. The first-order valence-electron chi connectivity index (χ1n) is 6.18. The van der Waals surface area contributed by atoms with Gasteiger partial charge in [0.25, 0.3) is 0 Å². The van der Waals surface area contributed by atoms with Crippen LogP contribution < -0.4 is 4.74 Å². The van der Waals surface area contributed by atoms with Crippen molar-refractivity contribution >= 4 is 5.78 Å². The van der Waals surface area contributed by atoms with Gasteiger partial charge >= 0.3 is 6.18 Å². The monoisotopic (exact) mass is 290 g/mol. The van der Waals surface area contributed by atoms with Crippen LogP contribution in [-0.4, -0.2) is 31.8 Å². The van der Waals surface area contributed by atoms with Gasteiger partial charge in [-0.25, -0.2) is 0 Å². The lowest BCUT2D eigenvalue weighted by Gasteiger charge is -2.11. The fourth-order valence-corrected chi connectivity index (χ4v) is 1.58.